The van der Waals surface area contributed by atoms with Crippen molar-refractivity contribution in [2.24, 2.45) is 0 Å². The lowest BCUT2D eigenvalue weighted by atomic mass is 10.1. The van der Waals surface area contributed by atoms with E-state index >= 15 is 0 Å². The van der Waals surface area contributed by atoms with Gasteiger partial charge in [-0.2, -0.15) is 23.3 Å². The van der Waals surface area contributed by atoms with Crippen LogP contribution in [0.25, 0.3) is 0 Å². The van der Waals surface area contributed by atoms with E-state index in [1.54, 1.807) is 13.8 Å². The molecule has 0 bridgehead atoms. The zero-order chi connectivity index (χ0) is 17.5. The first-order valence-corrected chi connectivity index (χ1v) is 7.53. The molecule has 3 rings (SSSR count). The lowest BCUT2D eigenvalue weighted by molar-refractivity contribution is -0.141. The second-order valence-corrected chi connectivity index (χ2v) is 5.66. The van der Waals surface area contributed by atoms with Crippen molar-refractivity contribution in [2.75, 3.05) is 13.1 Å². The van der Waals surface area contributed by atoms with Gasteiger partial charge in [0.25, 0.3) is 5.91 Å². The molecule has 1 saturated heterocycles. The molecule has 2 aromatic rings. The lowest BCUT2D eigenvalue weighted by Gasteiger charge is -2.16. The Morgan fingerprint density at radius 1 is 1.46 bits per heavy atom. The third-order valence-electron chi connectivity index (χ3n) is 3.95. The van der Waals surface area contributed by atoms with Gasteiger partial charge in [-0.1, -0.05) is 5.16 Å². The second kappa shape index (κ2) is 5.91. The summed E-state index contributed by atoms with van der Waals surface area (Å²) in [6.45, 7) is 4.17. The van der Waals surface area contributed by atoms with E-state index in [1.165, 1.54) is 4.90 Å². The number of likely N-dealkylation sites (tertiary alicyclic amines) is 1. The van der Waals surface area contributed by atoms with Gasteiger partial charge in [0.05, 0.1) is 11.5 Å². The van der Waals surface area contributed by atoms with Gasteiger partial charge in [-0.05, 0) is 20.3 Å². The van der Waals surface area contributed by atoms with Crippen molar-refractivity contribution in [1.82, 2.24) is 24.8 Å². The number of aromatic nitrogens is 4. The largest absolute Gasteiger partial charge is 0.435 e. The van der Waals surface area contributed by atoms with Crippen LogP contribution in [0.15, 0.2) is 10.7 Å². The molecule has 0 saturated carbocycles. The van der Waals surface area contributed by atoms with Crippen molar-refractivity contribution < 1.29 is 22.5 Å². The van der Waals surface area contributed by atoms with Crippen LogP contribution >= 0.6 is 0 Å². The minimum Gasteiger partial charge on any atom is -0.339 e. The average Bonchev–Trinajstić information content (AvgIpc) is 3.24. The first kappa shape index (κ1) is 16.5. The van der Waals surface area contributed by atoms with Gasteiger partial charge in [-0.25, -0.2) is 0 Å². The Labute approximate surface area is 135 Å². The SMILES string of the molecule is CCn1cc(C(=O)N2CC[C@H](c3nc(C)no3)C2)c(C(F)(F)F)n1. The highest BCUT2D eigenvalue weighted by Crippen LogP contribution is 2.33. The van der Waals surface area contributed by atoms with Crippen LogP contribution in [0.4, 0.5) is 13.2 Å². The number of carbonyl (C=O) groups excluding carboxylic acids is 1. The number of hydrogen-bond acceptors (Lipinski definition) is 5. The summed E-state index contributed by atoms with van der Waals surface area (Å²) in [5, 5.41) is 7.17. The highest BCUT2D eigenvalue weighted by atomic mass is 19.4. The standard InChI is InChI=1S/C14H16F3N5O2/c1-3-22-7-10(11(19-22)14(15,16)17)13(23)21-5-4-9(6-21)12-18-8(2)20-24-12/h7,9H,3-6H2,1-2H3/t9-/m0/s1. The molecule has 1 amide bonds. The van der Waals surface area contributed by atoms with Gasteiger partial charge in [0.15, 0.2) is 11.5 Å². The minimum absolute atomic E-state index is 0.161. The second-order valence-electron chi connectivity index (χ2n) is 5.66. The maximum atomic E-state index is 13.1. The highest BCUT2D eigenvalue weighted by Gasteiger charge is 2.41. The number of amides is 1. The van der Waals surface area contributed by atoms with Gasteiger partial charge >= 0.3 is 6.18 Å². The van der Waals surface area contributed by atoms with E-state index in [-0.39, 0.29) is 19.0 Å². The Morgan fingerprint density at radius 2 is 2.21 bits per heavy atom. The van der Waals surface area contributed by atoms with E-state index in [1.807, 2.05) is 0 Å². The van der Waals surface area contributed by atoms with Gasteiger partial charge in [0.2, 0.25) is 5.89 Å². The number of hydrogen-bond donors (Lipinski definition) is 0. The molecule has 0 aromatic carbocycles. The van der Waals surface area contributed by atoms with Gasteiger partial charge in [-0.3, -0.25) is 9.48 Å². The molecule has 3 heterocycles. The smallest absolute Gasteiger partial charge is 0.339 e. The summed E-state index contributed by atoms with van der Waals surface area (Å²) in [5.41, 5.74) is -1.57. The summed E-state index contributed by atoms with van der Waals surface area (Å²) in [5.74, 6) is 0.0490. The van der Waals surface area contributed by atoms with E-state index in [4.69, 9.17) is 4.52 Å². The highest BCUT2D eigenvalue weighted by molar-refractivity contribution is 5.95. The van der Waals surface area contributed by atoms with Crippen LogP contribution in [0, 0.1) is 6.92 Å². The molecule has 0 aliphatic carbocycles. The predicted octanol–water partition coefficient (Wildman–Crippen LogP) is 2.24. The summed E-state index contributed by atoms with van der Waals surface area (Å²) in [4.78, 5) is 18.0. The fourth-order valence-corrected chi connectivity index (χ4v) is 2.74. The van der Waals surface area contributed by atoms with Gasteiger partial charge in [0, 0.05) is 25.8 Å². The van der Waals surface area contributed by atoms with E-state index in [0.29, 0.717) is 24.7 Å². The van der Waals surface area contributed by atoms with Crippen LogP contribution < -0.4 is 0 Å². The monoisotopic (exact) mass is 343 g/mol. The van der Waals surface area contributed by atoms with Gasteiger partial charge < -0.3 is 9.42 Å². The Morgan fingerprint density at radius 3 is 2.79 bits per heavy atom. The Hall–Kier alpha value is -2.39. The van der Waals surface area contributed by atoms with Crippen LogP contribution in [0.3, 0.4) is 0 Å². The molecule has 1 aliphatic rings. The normalized spacial score (nSPS) is 18.4. The predicted molar refractivity (Wildman–Crippen MR) is 75.2 cm³/mol. The minimum atomic E-state index is -4.67. The molecule has 2 aromatic heterocycles. The molecule has 0 N–H and O–H groups in total. The molecule has 0 unspecified atom stereocenters. The van der Waals surface area contributed by atoms with E-state index in [9.17, 15) is 18.0 Å². The number of alkyl halides is 3. The van der Waals surface area contributed by atoms with Gasteiger partial charge in [-0.15, -0.1) is 0 Å². The summed E-state index contributed by atoms with van der Waals surface area (Å²) in [6, 6.07) is 0. The number of nitrogens with zero attached hydrogens (tertiary/aromatic N) is 5. The molecular weight excluding hydrogens is 327 g/mol. The van der Waals surface area contributed by atoms with Crippen molar-refractivity contribution in [3.8, 4) is 0 Å². The molecule has 130 valence electrons. The zero-order valence-electron chi connectivity index (χ0n) is 13.2. The summed E-state index contributed by atoms with van der Waals surface area (Å²) >= 11 is 0. The van der Waals surface area contributed by atoms with Crippen LogP contribution in [-0.2, 0) is 12.7 Å². The first-order chi connectivity index (χ1) is 11.3. The van der Waals surface area contributed by atoms with E-state index < -0.39 is 23.3 Å². The van der Waals surface area contributed by atoms with Crippen molar-refractivity contribution in [3.05, 3.63) is 29.2 Å². The maximum Gasteiger partial charge on any atom is 0.435 e. The number of rotatable bonds is 3. The molecule has 7 nitrogen and oxygen atoms in total. The topological polar surface area (TPSA) is 77.0 Å². The quantitative estimate of drug-likeness (QED) is 0.854. The Bertz CT molecular complexity index is 752. The average molecular weight is 343 g/mol. The molecule has 1 fully saturated rings. The number of halogens is 3. The third kappa shape index (κ3) is 3.00. The molecular formula is C14H16F3N5O2. The van der Waals surface area contributed by atoms with Crippen LogP contribution in [0.1, 0.15) is 47.0 Å². The molecule has 1 aliphatic heterocycles. The lowest BCUT2D eigenvalue weighted by Crippen LogP contribution is -2.30. The fourth-order valence-electron chi connectivity index (χ4n) is 2.74. The molecule has 0 radical (unpaired) electrons. The van der Waals surface area contributed by atoms with Crippen LogP contribution in [0.2, 0.25) is 0 Å². The Kier molecular flexibility index (Phi) is 4.06. The fraction of sp³-hybridized carbons (Fsp3) is 0.571. The summed E-state index contributed by atoms with van der Waals surface area (Å²) in [7, 11) is 0. The van der Waals surface area contributed by atoms with E-state index in [0.717, 1.165) is 10.9 Å². The zero-order valence-corrected chi connectivity index (χ0v) is 13.2. The van der Waals surface area contributed by atoms with Crippen molar-refractivity contribution in [2.45, 2.75) is 38.9 Å². The van der Waals surface area contributed by atoms with E-state index in [2.05, 4.69) is 15.2 Å². The van der Waals surface area contributed by atoms with Crippen molar-refractivity contribution >= 4 is 5.91 Å². The Balaban J connectivity index is 1.81. The van der Waals surface area contributed by atoms with Crippen LogP contribution in [-0.4, -0.2) is 43.8 Å². The summed E-state index contributed by atoms with van der Waals surface area (Å²) in [6.07, 6.45) is -2.96. The first-order valence-electron chi connectivity index (χ1n) is 7.53. The number of carbonyl (C=O) groups is 1. The third-order valence-corrected chi connectivity index (χ3v) is 3.95. The maximum absolute atomic E-state index is 13.1. The number of aryl methyl sites for hydroxylation is 2. The molecule has 24 heavy (non-hydrogen) atoms. The van der Waals surface area contributed by atoms with Crippen LogP contribution in [0.5, 0.6) is 0 Å². The summed E-state index contributed by atoms with van der Waals surface area (Å²) < 4.78 is 45.5. The van der Waals surface area contributed by atoms with Crippen molar-refractivity contribution in [1.29, 1.82) is 0 Å². The van der Waals surface area contributed by atoms with Crippen molar-refractivity contribution in [3.63, 3.8) is 0 Å². The molecule has 0 spiro atoms. The van der Waals surface area contributed by atoms with Gasteiger partial charge in [0.1, 0.15) is 0 Å². The molecule has 1 atom stereocenters. The molecule has 10 heteroatoms.